The van der Waals surface area contributed by atoms with E-state index in [0.717, 1.165) is 6.54 Å². The van der Waals surface area contributed by atoms with Crippen LogP contribution in [0.1, 0.15) is 27.7 Å². The molecule has 1 aliphatic heterocycles. The van der Waals surface area contributed by atoms with Gasteiger partial charge in [0.15, 0.2) is 0 Å². The fourth-order valence-corrected chi connectivity index (χ4v) is 2.37. The lowest BCUT2D eigenvalue weighted by Crippen LogP contribution is -2.56. The van der Waals surface area contributed by atoms with Gasteiger partial charge in [-0.2, -0.15) is 5.06 Å². The monoisotopic (exact) mass is 264 g/mol. The zero-order chi connectivity index (χ0) is 14.4. The number of nitrogens with zero attached hydrogens (tertiary/aromatic N) is 2. The Morgan fingerprint density at radius 1 is 1.21 bits per heavy atom. The number of likely N-dealkylation sites (N-methyl/N-ethyl adjacent to an activating group) is 2. The SMILES string of the molecule is C\C=C/C=C\C(=C/C)C1N(C)CC(C(C)C)ON1C. The molecule has 1 fully saturated rings. The number of rotatable bonds is 4. The van der Waals surface area contributed by atoms with Crippen LogP contribution in [0.5, 0.6) is 0 Å². The Labute approximate surface area is 118 Å². The molecule has 108 valence electrons. The summed E-state index contributed by atoms with van der Waals surface area (Å²) in [5.41, 5.74) is 1.25. The van der Waals surface area contributed by atoms with E-state index >= 15 is 0 Å². The average Bonchev–Trinajstić information content (AvgIpc) is 2.35. The highest BCUT2D eigenvalue weighted by molar-refractivity contribution is 5.26. The average molecular weight is 264 g/mol. The predicted molar refractivity (Wildman–Crippen MR) is 81.6 cm³/mol. The van der Waals surface area contributed by atoms with Gasteiger partial charge >= 0.3 is 0 Å². The van der Waals surface area contributed by atoms with E-state index in [1.807, 2.05) is 31.2 Å². The van der Waals surface area contributed by atoms with Gasteiger partial charge in [0.2, 0.25) is 0 Å². The molecular weight excluding hydrogens is 236 g/mol. The second kappa shape index (κ2) is 7.63. The maximum atomic E-state index is 6.02. The van der Waals surface area contributed by atoms with Crippen LogP contribution in [-0.2, 0) is 4.84 Å². The molecular formula is C16H28N2O. The Kier molecular flexibility index (Phi) is 6.49. The molecule has 1 heterocycles. The van der Waals surface area contributed by atoms with Crippen LogP contribution in [0.25, 0.3) is 0 Å². The summed E-state index contributed by atoms with van der Waals surface area (Å²) in [6.45, 7) is 9.46. The van der Waals surface area contributed by atoms with E-state index in [9.17, 15) is 0 Å². The summed E-state index contributed by atoms with van der Waals surface area (Å²) < 4.78 is 0. The summed E-state index contributed by atoms with van der Waals surface area (Å²) in [5.74, 6) is 0.526. The van der Waals surface area contributed by atoms with Crippen molar-refractivity contribution in [2.75, 3.05) is 20.6 Å². The molecule has 0 aromatic carbocycles. The van der Waals surface area contributed by atoms with Gasteiger partial charge in [0, 0.05) is 13.6 Å². The lowest BCUT2D eigenvalue weighted by molar-refractivity contribution is -0.270. The summed E-state index contributed by atoms with van der Waals surface area (Å²) in [5, 5.41) is 1.98. The Balaban J connectivity index is 2.82. The first kappa shape index (κ1) is 16.2. The van der Waals surface area contributed by atoms with Gasteiger partial charge in [-0.1, -0.05) is 44.2 Å². The zero-order valence-corrected chi connectivity index (χ0v) is 13.1. The fraction of sp³-hybridized carbons (Fsp3) is 0.625. The molecule has 0 saturated carbocycles. The fourth-order valence-electron chi connectivity index (χ4n) is 2.37. The summed E-state index contributed by atoms with van der Waals surface area (Å²) in [7, 11) is 4.18. The summed E-state index contributed by atoms with van der Waals surface area (Å²) >= 11 is 0. The molecule has 2 unspecified atom stereocenters. The van der Waals surface area contributed by atoms with Crippen LogP contribution in [0, 0.1) is 5.92 Å². The van der Waals surface area contributed by atoms with E-state index in [4.69, 9.17) is 4.84 Å². The Morgan fingerprint density at radius 2 is 1.89 bits per heavy atom. The van der Waals surface area contributed by atoms with Crippen LogP contribution < -0.4 is 0 Å². The number of hydrogen-bond donors (Lipinski definition) is 0. The highest BCUT2D eigenvalue weighted by Crippen LogP contribution is 2.24. The highest BCUT2D eigenvalue weighted by Gasteiger charge is 2.33. The quantitative estimate of drug-likeness (QED) is 0.725. The van der Waals surface area contributed by atoms with Crippen LogP contribution in [0.15, 0.2) is 36.0 Å². The standard InChI is InChI=1S/C16H28N2O/c1-7-9-10-11-14(8-2)16-17(5)12-15(13(3)4)19-18(16)6/h7-11,13,15-16H,12H2,1-6H3/b9-7-,11-10-,14-8+. The summed E-state index contributed by atoms with van der Waals surface area (Å²) in [6, 6.07) is 0. The number of allylic oxidation sites excluding steroid dienone is 4. The predicted octanol–water partition coefficient (Wildman–Crippen LogP) is 3.22. The lowest BCUT2D eigenvalue weighted by Gasteiger charge is -2.44. The topological polar surface area (TPSA) is 15.7 Å². The second-order valence-corrected chi connectivity index (χ2v) is 5.42. The van der Waals surface area contributed by atoms with E-state index < -0.39 is 0 Å². The molecule has 1 saturated heterocycles. The van der Waals surface area contributed by atoms with Gasteiger partial charge in [0.1, 0.15) is 6.17 Å². The van der Waals surface area contributed by atoms with Gasteiger partial charge in [-0.3, -0.25) is 9.74 Å². The minimum atomic E-state index is 0.182. The van der Waals surface area contributed by atoms with Gasteiger partial charge in [0.05, 0.1) is 6.10 Å². The molecule has 1 aliphatic rings. The van der Waals surface area contributed by atoms with Crippen LogP contribution in [0.2, 0.25) is 0 Å². The van der Waals surface area contributed by atoms with E-state index in [2.05, 4.69) is 50.9 Å². The third kappa shape index (κ3) is 4.30. The number of hydrogen-bond acceptors (Lipinski definition) is 3. The van der Waals surface area contributed by atoms with Crippen LogP contribution in [-0.4, -0.2) is 42.9 Å². The molecule has 19 heavy (non-hydrogen) atoms. The largest absolute Gasteiger partial charge is 0.292 e. The molecule has 3 heteroatoms. The Hall–Kier alpha value is -0.900. The van der Waals surface area contributed by atoms with Crippen molar-refractivity contribution in [2.45, 2.75) is 40.0 Å². The van der Waals surface area contributed by atoms with Crippen molar-refractivity contribution in [1.82, 2.24) is 9.96 Å². The Morgan fingerprint density at radius 3 is 2.37 bits per heavy atom. The molecule has 0 aromatic heterocycles. The molecule has 0 bridgehead atoms. The van der Waals surface area contributed by atoms with Crippen molar-refractivity contribution >= 4 is 0 Å². The van der Waals surface area contributed by atoms with E-state index in [-0.39, 0.29) is 12.3 Å². The second-order valence-electron chi connectivity index (χ2n) is 5.42. The van der Waals surface area contributed by atoms with Crippen molar-refractivity contribution in [2.24, 2.45) is 5.92 Å². The molecule has 0 radical (unpaired) electrons. The van der Waals surface area contributed by atoms with Crippen LogP contribution in [0.4, 0.5) is 0 Å². The number of hydroxylamine groups is 2. The molecule has 3 nitrogen and oxygen atoms in total. The van der Waals surface area contributed by atoms with Crippen molar-refractivity contribution in [3.8, 4) is 0 Å². The summed E-state index contributed by atoms with van der Waals surface area (Å²) in [4.78, 5) is 8.37. The minimum absolute atomic E-state index is 0.182. The Bertz CT molecular complexity index is 346. The lowest BCUT2D eigenvalue weighted by atomic mass is 10.0. The first-order valence-electron chi connectivity index (χ1n) is 7.06. The third-order valence-electron chi connectivity index (χ3n) is 3.50. The van der Waals surface area contributed by atoms with Gasteiger partial charge in [0.25, 0.3) is 0 Å². The first-order valence-corrected chi connectivity index (χ1v) is 7.06. The minimum Gasteiger partial charge on any atom is -0.292 e. The highest BCUT2D eigenvalue weighted by atomic mass is 16.7. The third-order valence-corrected chi connectivity index (χ3v) is 3.50. The molecule has 0 aromatic rings. The van der Waals surface area contributed by atoms with Gasteiger partial charge in [-0.05, 0) is 32.4 Å². The van der Waals surface area contributed by atoms with Crippen LogP contribution in [0.3, 0.4) is 0 Å². The zero-order valence-electron chi connectivity index (χ0n) is 13.1. The molecule has 0 aliphatic carbocycles. The van der Waals surface area contributed by atoms with E-state index in [0.29, 0.717) is 5.92 Å². The molecule has 0 amide bonds. The molecule has 0 spiro atoms. The van der Waals surface area contributed by atoms with Crippen molar-refractivity contribution in [1.29, 1.82) is 0 Å². The smallest absolute Gasteiger partial charge is 0.112 e. The van der Waals surface area contributed by atoms with Gasteiger partial charge in [-0.25, -0.2) is 0 Å². The van der Waals surface area contributed by atoms with Crippen molar-refractivity contribution in [3.63, 3.8) is 0 Å². The van der Waals surface area contributed by atoms with E-state index in [1.165, 1.54) is 5.57 Å². The molecule has 2 atom stereocenters. The maximum Gasteiger partial charge on any atom is 0.112 e. The van der Waals surface area contributed by atoms with Gasteiger partial charge < -0.3 is 0 Å². The van der Waals surface area contributed by atoms with Crippen molar-refractivity contribution < 1.29 is 4.84 Å². The first-order chi connectivity index (χ1) is 9.01. The van der Waals surface area contributed by atoms with Crippen molar-refractivity contribution in [3.05, 3.63) is 36.0 Å². The normalized spacial score (nSPS) is 28.1. The van der Waals surface area contributed by atoms with Gasteiger partial charge in [-0.15, -0.1) is 0 Å². The maximum absolute atomic E-state index is 6.02. The summed E-state index contributed by atoms with van der Waals surface area (Å²) in [6.07, 6.45) is 10.9. The van der Waals surface area contributed by atoms with E-state index in [1.54, 1.807) is 0 Å². The molecule has 0 N–H and O–H groups in total. The van der Waals surface area contributed by atoms with Crippen LogP contribution >= 0.6 is 0 Å². The molecule has 1 rings (SSSR count).